The van der Waals surface area contributed by atoms with Crippen LogP contribution < -0.4 is 5.32 Å². The van der Waals surface area contributed by atoms with Gasteiger partial charge >= 0.3 is 0 Å². The summed E-state index contributed by atoms with van der Waals surface area (Å²) in [6.07, 6.45) is 0. The lowest BCUT2D eigenvalue weighted by atomic mass is 10.1. The smallest absolute Gasteiger partial charge is 0.0639 e. The van der Waals surface area contributed by atoms with Crippen LogP contribution in [0.2, 0.25) is 0 Å². The van der Waals surface area contributed by atoms with Gasteiger partial charge in [-0.25, -0.2) is 0 Å². The average Bonchev–Trinajstić information content (AvgIpc) is 1.98. The Kier molecular flexibility index (Phi) is 6.23. The summed E-state index contributed by atoms with van der Waals surface area (Å²) in [5.74, 6) is 1.14. The predicted octanol–water partition coefficient (Wildman–Crippen LogP) is 2.92. The van der Waals surface area contributed by atoms with Crippen molar-refractivity contribution in [2.45, 2.75) is 57.9 Å². The molecular weight excluding hydrogens is 206 g/mol. The Morgan fingerprint density at radius 3 is 2.13 bits per heavy atom. The summed E-state index contributed by atoms with van der Waals surface area (Å²) in [7, 11) is 1.75. The molecule has 0 spiro atoms. The minimum absolute atomic E-state index is 0.0621. The first kappa shape index (κ1) is 15.3. The summed E-state index contributed by atoms with van der Waals surface area (Å²) < 4.78 is 5.53. The molecule has 1 atom stereocenters. The Morgan fingerprint density at radius 2 is 1.73 bits per heavy atom. The van der Waals surface area contributed by atoms with Crippen LogP contribution >= 0.6 is 11.8 Å². The van der Waals surface area contributed by atoms with Crippen molar-refractivity contribution >= 4 is 11.8 Å². The zero-order chi connectivity index (χ0) is 12.1. The third-order valence-corrected chi connectivity index (χ3v) is 3.44. The highest BCUT2D eigenvalue weighted by atomic mass is 32.2. The summed E-state index contributed by atoms with van der Waals surface area (Å²) in [6.45, 7) is 14.1. The molecule has 15 heavy (non-hydrogen) atoms. The fraction of sp³-hybridized carbons (Fsp3) is 1.00. The minimum atomic E-state index is 0.0621. The second-order valence-corrected chi connectivity index (χ2v) is 7.63. The Balaban J connectivity index is 3.87. The quantitative estimate of drug-likeness (QED) is 0.762. The van der Waals surface area contributed by atoms with Gasteiger partial charge < -0.3 is 10.1 Å². The monoisotopic (exact) mass is 233 g/mol. The number of methoxy groups -OCH3 is 1. The molecule has 0 amide bonds. The van der Waals surface area contributed by atoms with Crippen molar-refractivity contribution < 1.29 is 4.74 Å². The number of ether oxygens (including phenoxy) is 1. The first-order valence-electron chi connectivity index (χ1n) is 5.57. The van der Waals surface area contributed by atoms with Crippen molar-refractivity contribution in [3.8, 4) is 0 Å². The van der Waals surface area contributed by atoms with Gasteiger partial charge in [-0.05, 0) is 20.8 Å². The van der Waals surface area contributed by atoms with E-state index in [9.17, 15) is 0 Å². The molecule has 1 N–H and O–H groups in total. The second-order valence-electron chi connectivity index (χ2n) is 5.79. The number of rotatable bonds is 6. The summed E-state index contributed by atoms with van der Waals surface area (Å²) in [6, 6.07) is 0.513. The molecular formula is C12H27NOS. The molecule has 0 radical (unpaired) electrons. The maximum atomic E-state index is 5.18. The Bertz CT molecular complexity index is 175. The van der Waals surface area contributed by atoms with E-state index in [4.69, 9.17) is 4.74 Å². The molecule has 0 saturated heterocycles. The fourth-order valence-corrected chi connectivity index (χ4v) is 2.32. The van der Waals surface area contributed by atoms with E-state index in [1.807, 2.05) is 11.8 Å². The van der Waals surface area contributed by atoms with Gasteiger partial charge in [0.15, 0.2) is 0 Å². The maximum Gasteiger partial charge on any atom is 0.0639 e. The van der Waals surface area contributed by atoms with Crippen molar-refractivity contribution in [2.24, 2.45) is 0 Å². The SMILES string of the molecule is COCC(C)(C)NC(C)CSC(C)(C)C. The summed E-state index contributed by atoms with van der Waals surface area (Å²) >= 11 is 2.00. The van der Waals surface area contributed by atoms with Gasteiger partial charge in [0.2, 0.25) is 0 Å². The molecule has 92 valence electrons. The van der Waals surface area contributed by atoms with Gasteiger partial charge in [-0.1, -0.05) is 20.8 Å². The van der Waals surface area contributed by atoms with E-state index in [0.29, 0.717) is 10.8 Å². The van der Waals surface area contributed by atoms with Gasteiger partial charge in [-0.3, -0.25) is 0 Å². The second kappa shape index (κ2) is 6.12. The standard InChI is InChI=1S/C12H27NOS/c1-10(8-15-11(2,3)4)13-12(5,6)9-14-7/h10,13H,8-9H2,1-7H3. The molecule has 0 aliphatic rings. The first-order chi connectivity index (χ1) is 6.66. The molecule has 3 heteroatoms. The molecule has 0 saturated carbocycles. The van der Waals surface area contributed by atoms with E-state index < -0.39 is 0 Å². The van der Waals surface area contributed by atoms with Gasteiger partial charge in [-0.2, -0.15) is 11.8 Å². The van der Waals surface area contributed by atoms with Crippen LogP contribution in [0.3, 0.4) is 0 Å². The molecule has 0 aromatic carbocycles. The molecule has 0 aromatic rings. The van der Waals surface area contributed by atoms with Gasteiger partial charge in [0.05, 0.1) is 6.61 Å². The fourth-order valence-electron chi connectivity index (χ4n) is 1.49. The van der Waals surface area contributed by atoms with E-state index in [0.717, 1.165) is 12.4 Å². The molecule has 0 aromatic heterocycles. The van der Waals surface area contributed by atoms with Crippen LogP contribution in [0.4, 0.5) is 0 Å². The van der Waals surface area contributed by atoms with E-state index >= 15 is 0 Å². The summed E-state index contributed by atoms with van der Waals surface area (Å²) in [5, 5.41) is 3.58. The van der Waals surface area contributed by atoms with Crippen LogP contribution in [-0.4, -0.2) is 35.8 Å². The van der Waals surface area contributed by atoms with E-state index in [2.05, 4.69) is 46.9 Å². The average molecular weight is 233 g/mol. The van der Waals surface area contributed by atoms with Crippen molar-refractivity contribution in [3.05, 3.63) is 0 Å². The summed E-state index contributed by atoms with van der Waals surface area (Å²) in [4.78, 5) is 0. The first-order valence-corrected chi connectivity index (χ1v) is 6.55. The lowest BCUT2D eigenvalue weighted by molar-refractivity contribution is 0.124. The van der Waals surface area contributed by atoms with Gasteiger partial charge in [0.1, 0.15) is 0 Å². The molecule has 0 rings (SSSR count). The van der Waals surface area contributed by atoms with Crippen molar-refractivity contribution in [2.75, 3.05) is 19.5 Å². The summed E-state index contributed by atoms with van der Waals surface area (Å²) in [5.41, 5.74) is 0.0621. The van der Waals surface area contributed by atoms with Gasteiger partial charge in [-0.15, -0.1) is 0 Å². The number of thioether (sulfide) groups is 1. The number of hydrogen-bond acceptors (Lipinski definition) is 3. The van der Waals surface area contributed by atoms with Crippen LogP contribution in [0, 0.1) is 0 Å². The van der Waals surface area contributed by atoms with Crippen LogP contribution in [0.25, 0.3) is 0 Å². The molecule has 2 nitrogen and oxygen atoms in total. The molecule has 0 fully saturated rings. The largest absolute Gasteiger partial charge is 0.383 e. The van der Waals surface area contributed by atoms with Crippen LogP contribution in [0.5, 0.6) is 0 Å². The Morgan fingerprint density at radius 1 is 1.20 bits per heavy atom. The Labute approximate surface area is 99.5 Å². The molecule has 1 unspecified atom stereocenters. The van der Waals surface area contributed by atoms with E-state index in [1.54, 1.807) is 7.11 Å². The normalized spacial score (nSPS) is 15.4. The molecule has 0 heterocycles. The zero-order valence-electron chi connectivity index (χ0n) is 11.3. The molecule has 0 aliphatic heterocycles. The highest BCUT2D eigenvalue weighted by Gasteiger charge is 2.21. The lowest BCUT2D eigenvalue weighted by Gasteiger charge is -2.30. The minimum Gasteiger partial charge on any atom is -0.383 e. The maximum absolute atomic E-state index is 5.18. The highest BCUT2D eigenvalue weighted by Crippen LogP contribution is 2.24. The van der Waals surface area contributed by atoms with Crippen molar-refractivity contribution in [3.63, 3.8) is 0 Å². The van der Waals surface area contributed by atoms with Crippen LogP contribution in [0.1, 0.15) is 41.5 Å². The number of hydrogen-bond donors (Lipinski definition) is 1. The van der Waals surface area contributed by atoms with Crippen molar-refractivity contribution in [1.82, 2.24) is 5.32 Å². The lowest BCUT2D eigenvalue weighted by Crippen LogP contribution is -2.49. The van der Waals surface area contributed by atoms with Gasteiger partial charge in [0.25, 0.3) is 0 Å². The topological polar surface area (TPSA) is 21.3 Å². The third kappa shape index (κ3) is 9.21. The number of nitrogens with one attached hydrogen (secondary N) is 1. The molecule has 0 bridgehead atoms. The van der Waals surface area contributed by atoms with Gasteiger partial charge in [0, 0.05) is 29.2 Å². The van der Waals surface area contributed by atoms with E-state index in [-0.39, 0.29) is 5.54 Å². The van der Waals surface area contributed by atoms with E-state index in [1.165, 1.54) is 0 Å². The third-order valence-electron chi connectivity index (χ3n) is 1.91. The predicted molar refractivity (Wildman–Crippen MR) is 70.8 cm³/mol. The molecule has 0 aliphatic carbocycles. The highest BCUT2D eigenvalue weighted by molar-refractivity contribution is 8.00. The zero-order valence-corrected chi connectivity index (χ0v) is 12.1. The van der Waals surface area contributed by atoms with Crippen LogP contribution in [0.15, 0.2) is 0 Å². The Hall–Kier alpha value is 0.270. The van der Waals surface area contributed by atoms with Crippen LogP contribution in [-0.2, 0) is 4.74 Å². The van der Waals surface area contributed by atoms with Crippen molar-refractivity contribution in [1.29, 1.82) is 0 Å².